The molecular formula is C19H38IN5O. The van der Waals surface area contributed by atoms with E-state index in [4.69, 9.17) is 0 Å². The SMILES string of the molecule is CN=C(NCCN1CCN(C(C)=O)CC1)N(C)CC1CCC(C)CC1.I. The van der Waals surface area contributed by atoms with Crippen LogP contribution in [0.2, 0.25) is 0 Å². The fourth-order valence-corrected chi connectivity index (χ4v) is 3.98. The average Bonchev–Trinajstić information content (AvgIpc) is 2.61. The molecule has 1 heterocycles. The van der Waals surface area contributed by atoms with E-state index in [1.165, 1.54) is 25.7 Å². The maximum Gasteiger partial charge on any atom is 0.219 e. The first-order chi connectivity index (χ1) is 12.0. The topological polar surface area (TPSA) is 51.2 Å². The quantitative estimate of drug-likeness (QED) is 0.373. The Bertz CT molecular complexity index is 443. The minimum Gasteiger partial charge on any atom is -0.355 e. The summed E-state index contributed by atoms with van der Waals surface area (Å²) in [6, 6.07) is 0. The lowest BCUT2D eigenvalue weighted by Gasteiger charge is -2.34. The maximum atomic E-state index is 11.4. The summed E-state index contributed by atoms with van der Waals surface area (Å²) in [6.07, 6.45) is 5.44. The number of nitrogens with one attached hydrogen (secondary N) is 1. The van der Waals surface area contributed by atoms with Gasteiger partial charge in [-0.05, 0) is 24.7 Å². The molecule has 26 heavy (non-hydrogen) atoms. The van der Waals surface area contributed by atoms with Gasteiger partial charge < -0.3 is 15.1 Å². The van der Waals surface area contributed by atoms with Crippen LogP contribution in [-0.2, 0) is 4.79 Å². The van der Waals surface area contributed by atoms with Crippen LogP contribution in [0.25, 0.3) is 0 Å². The van der Waals surface area contributed by atoms with Crippen molar-refractivity contribution in [3.8, 4) is 0 Å². The van der Waals surface area contributed by atoms with Crippen LogP contribution in [0.3, 0.4) is 0 Å². The highest BCUT2D eigenvalue weighted by Gasteiger charge is 2.21. The Labute approximate surface area is 176 Å². The van der Waals surface area contributed by atoms with E-state index in [1.54, 1.807) is 6.92 Å². The van der Waals surface area contributed by atoms with Crippen molar-refractivity contribution in [2.45, 2.75) is 39.5 Å². The Morgan fingerprint density at radius 1 is 1.15 bits per heavy atom. The van der Waals surface area contributed by atoms with Gasteiger partial charge in [-0.2, -0.15) is 0 Å². The normalized spacial score (nSPS) is 24.8. The van der Waals surface area contributed by atoms with Crippen molar-refractivity contribution >= 4 is 35.8 Å². The van der Waals surface area contributed by atoms with E-state index in [-0.39, 0.29) is 29.9 Å². The molecule has 1 amide bonds. The first-order valence-electron chi connectivity index (χ1n) is 9.89. The second kappa shape index (κ2) is 12.0. The predicted octanol–water partition coefficient (Wildman–Crippen LogP) is 2.10. The number of carbonyl (C=O) groups excluding carboxylic acids is 1. The molecule has 2 fully saturated rings. The van der Waals surface area contributed by atoms with Crippen molar-refractivity contribution in [1.29, 1.82) is 0 Å². The summed E-state index contributed by atoms with van der Waals surface area (Å²) in [5.41, 5.74) is 0. The highest BCUT2D eigenvalue weighted by Crippen LogP contribution is 2.28. The number of guanidine groups is 1. The second-order valence-electron chi connectivity index (χ2n) is 7.83. The van der Waals surface area contributed by atoms with Gasteiger partial charge in [-0.3, -0.25) is 14.7 Å². The summed E-state index contributed by atoms with van der Waals surface area (Å²) in [5.74, 6) is 2.90. The molecule has 6 nitrogen and oxygen atoms in total. The van der Waals surface area contributed by atoms with Crippen molar-refractivity contribution in [3.05, 3.63) is 0 Å². The van der Waals surface area contributed by atoms with E-state index in [0.29, 0.717) is 0 Å². The molecule has 1 aliphatic heterocycles. The molecule has 0 aromatic heterocycles. The molecule has 1 aliphatic carbocycles. The summed E-state index contributed by atoms with van der Waals surface area (Å²) < 4.78 is 0. The van der Waals surface area contributed by atoms with Crippen LogP contribution in [-0.4, -0.2) is 86.5 Å². The van der Waals surface area contributed by atoms with Crippen LogP contribution in [0.1, 0.15) is 39.5 Å². The number of nitrogens with zero attached hydrogens (tertiary/aromatic N) is 4. The Morgan fingerprint density at radius 3 is 2.31 bits per heavy atom. The van der Waals surface area contributed by atoms with Gasteiger partial charge in [-0.15, -0.1) is 24.0 Å². The summed E-state index contributed by atoms with van der Waals surface area (Å²) >= 11 is 0. The van der Waals surface area contributed by atoms with Gasteiger partial charge in [0.25, 0.3) is 0 Å². The summed E-state index contributed by atoms with van der Waals surface area (Å²) in [6.45, 7) is 10.7. The lowest BCUT2D eigenvalue weighted by Crippen LogP contribution is -2.50. The van der Waals surface area contributed by atoms with Crippen LogP contribution < -0.4 is 5.32 Å². The molecule has 0 radical (unpaired) electrons. The van der Waals surface area contributed by atoms with Gasteiger partial charge in [0.1, 0.15) is 0 Å². The summed E-state index contributed by atoms with van der Waals surface area (Å²) in [5, 5.41) is 3.50. The molecule has 0 aromatic carbocycles. The van der Waals surface area contributed by atoms with E-state index in [2.05, 4.69) is 34.1 Å². The number of aliphatic imine (C=N–C) groups is 1. The van der Waals surface area contributed by atoms with Crippen LogP contribution >= 0.6 is 24.0 Å². The van der Waals surface area contributed by atoms with Gasteiger partial charge in [0.05, 0.1) is 0 Å². The Morgan fingerprint density at radius 2 is 1.77 bits per heavy atom. The molecule has 0 atom stereocenters. The number of amides is 1. The van der Waals surface area contributed by atoms with Crippen LogP contribution in [0, 0.1) is 11.8 Å². The summed E-state index contributed by atoms with van der Waals surface area (Å²) in [4.78, 5) is 22.5. The van der Waals surface area contributed by atoms with Gasteiger partial charge in [0.15, 0.2) is 5.96 Å². The number of halogens is 1. The van der Waals surface area contributed by atoms with Crippen molar-refractivity contribution in [3.63, 3.8) is 0 Å². The van der Waals surface area contributed by atoms with Gasteiger partial charge >= 0.3 is 0 Å². The fraction of sp³-hybridized carbons (Fsp3) is 0.895. The number of hydrogen-bond acceptors (Lipinski definition) is 3. The molecular weight excluding hydrogens is 441 g/mol. The maximum absolute atomic E-state index is 11.4. The molecule has 0 bridgehead atoms. The highest BCUT2D eigenvalue weighted by atomic mass is 127. The van der Waals surface area contributed by atoms with E-state index in [1.807, 2.05) is 11.9 Å². The lowest BCUT2D eigenvalue weighted by molar-refractivity contribution is -0.130. The third kappa shape index (κ3) is 7.58. The molecule has 2 aliphatic rings. The highest BCUT2D eigenvalue weighted by molar-refractivity contribution is 14.0. The van der Waals surface area contributed by atoms with E-state index >= 15 is 0 Å². The zero-order chi connectivity index (χ0) is 18.2. The van der Waals surface area contributed by atoms with Gasteiger partial charge in [-0.25, -0.2) is 0 Å². The molecule has 0 spiro atoms. The number of carbonyl (C=O) groups is 1. The molecule has 1 saturated heterocycles. The monoisotopic (exact) mass is 479 g/mol. The first kappa shape index (κ1) is 23.5. The lowest BCUT2D eigenvalue weighted by atomic mass is 9.83. The van der Waals surface area contributed by atoms with Crippen LogP contribution in [0.5, 0.6) is 0 Å². The van der Waals surface area contributed by atoms with Crippen molar-refractivity contribution < 1.29 is 4.79 Å². The third-order valence-corrected chi connectivity index (χ3v) is 5.77. The van der Waals surface area contributed by atoms with Crippen molar-refractivity contribution in [1.82, 2.24) is 20.0 Å². The van der Waals surface area contributed by atoms with Crippen molar-refractivity contribution in [2.75, 3.05) is 59.9 Å². The van der Waals surface area contributed by atoms with Crippen LogP contribution in [0.4, 0.5) is 0 Å². The van der Waals surface area contributed by atoms with Crippen LogP contribution in [0.15, 0.2) is 4.99 Å². The van der Waals surface area contributed by atoms with E-state index in [0.717, 1.165) is 63.6 Å². The molecule has 152 valence electrons. The minimum atomic E-state index is 0. The average molecular weight is 479 g/mol. The molecule has 0 unspecified atom stereocenters. The molecule has 1 saturated carbocycles. The van der Waals surface area contributed by atoms with Gasteiger partial charge in [0.2, 0.25) is 5.91 Å². The minimum absolute atomic E-state index is 0. The number of hydrogen-bond donors (Lipinski definition) is 1. The smallest absolute Gasteiger partial charge is 0.219 e. The Kier molecular flexibility index (Phi) is 10.8. The predicted molar refractivity (Wildman–Crippen MR) is 119 cm³/mol. The zero-order valence-corrected chi connectivity index (χ0v) is 19.4. The number of rotatable bonds is 5. The Balaban J connectivity index is 0.00000338. The van der Waals surface area contributed by atoms with E-state index < -0.39 is 0 Å². The van der Waals surface area contributed by atoms with Gasteiger partial charge in [-0.1, -0.05) is 19.8 Å². The Hall–Kier alpha value is -0.570. The summed E-state index contributed by atoms with van der Waals surface area (Å²) in [7, 11) is 4.02. The molecule has 1 N–H and O–H groups in total. The standard InChI is InChI=1S/C19H37N5O.HI/c1-16-5-7-18(8-6-16)15-22(4)19(20-3)21-9-10-23-11-13-24(14-12-23)17(2)25;/h16,18H,5-15H2,1-4H3,(H,20,21);1H. The third-order valence-electron chi connectivity index (χ3n) is 5.77. The van der Waals surface area contributed by atoms with Crippen molar-refractivity contribution in [2.24, 2.45) is 16.8 Å². The number of piperazine rings is 1. The second-order valence-corrected chi connectivity index (χ2v) is 7.83. The molecule has 0 aromatic rings. The largest absolute Gasteiger partial charge is 0.355 e. The molecule has 2 rings (SSSR count). The zero-order valence-electron chi connectivity index (χ0n) is 17.0. The molecule has 7 heteroatoms. The van der Waals surface area contributed by atoms with Gasteiger partial charge in [0, 0.05) is 66.8 Å². The van der Waals surface area contributed by atoms with E-state index in [9.17, 15) is 4.79 Å². The first-order valence-corrected chi connectivity index (χ1v) is 9.89. The fourth-order valence-electron chi connectivity index (χ4n) is 3.98.